The molecule has 0 saturated carbocycles. The van der Waals surface area contributed by atoms with Crippen LogP contribution in [0, 0.1) is 5.82 Å². The van der Waals surface area contributed by atoms with Crippen LogP contribution in [0.25, 0.3) is 0 Å². The number of rotatable bonds is 7. The van der Waals surface area contributed by atoms with Crippen molar-refractivity contribution in [1.29, 1.82) is 0 Å². The molecule has 0 unspecified atom stereocenters. The maximum Gasteiger partial charge on any atom is 0.273 e. The topological polar surface area (TPSA) is 87.5 Å². The zero-order valence-corrected chi connectivity index (χ0v) is 17.3. The van der Waals surface area contributed by atoms with Gasteiger partial charge in [-0.3, -0.25) is 4.79 Å². The molecule has 2 aromatic carbocycles. The first-order valence-corrected chi connectivity index (χ1v) is 9.87. The monoisotopic (exact) mass is 426 g/mol. The van der Waals surface area contributed by atoms with E-state index in [-0.39, 0.29) is 30.1 Å². The van der Waals surface area contributed by atoms with Crippen molar-refractivity contribution in [3.8, 4) is 11.5 Å². The van der Waals surface area contributed by atoms with Gasteiger partial charge in [-0.1, -0.05) is 23.4 Å². The number of ether oxygens (including phenoxy) is 3. The lowest BCUT2D eigenvalue weighted by Crippen LogP contribution is -2.29. The molecule has 1 aliphatic heterocycles. The Morgan fingerprint density at radius 2 is 1.97 bits per heavy atom. The van der Waals surface area contributed by atoms with E-state index in [2.05, 4.69) is 15.6 Å². The zero-order chi connectivity index (χ0) is 21.8. The van der Waals surface area contributed by atoms with Gasteiger partial charge in [0, 0.05) is 6.54 Å². The number of amides is 1. The van der Waals surface area contributed by atoms with E-state index in [1.54, 1.807) is 31.0 Å². The van der Waals surface area contributed by atoms with Crippen molar-refractivity contribution >= 4 is 5.91 Å². The molecule has 1 aliphatic rings. The van der Waals surface area contributed by atoms with Gasteiger partial charge in [-0.15, -0.1) is 5.10 Å². The number of fused-ring (bicyclic) bond motifs is 1. The molecule has 9 heteroatoms. The molecule has 1 amide bonds. The molecule has 0 fully saturated rings. The molecule has 1 N–H and O–H groups in total. The van der Waals surface area contributed by atoms with Crippen LogP contribution in [0.5, 0.6) is 11.5 Å². The van der Waals surface area contributed by atoms with E-state index in [4.69, 9.17) is 14.2 Å². The number of benzene rings is 2. The number of halogens is 1. The van der Waals surface area contributed by atoms with Crippen LogP contribution in [-0.4, -0.2) is 41.7 Å². The van der Waals surface area contributed by atoms with E-state index in [0.29, 0.717) is 36.7 Å². The Hall–Kier alpha value is -3.46. The Balaban J connectivity index is 1.36. The predicted octanol–water partition coefficient (Wildman–Crippen LogP) is 2.68. The van der Waals surface area contributed by atoms with Crippen molar-refractivity contribution in [3.63, 3.8) is 0 Å². The lowest BCUT2D eigenvalue weighted by Gasteiger charge is -2.24. The fourth-order valence-corrected chi connectivity index (χ4v) is 3.51. The third kappa shape index (κ3) is 4.51. The maximum atomic E-state index is 13.1. The molecule has 3 aromatic rings. The molecular weight excluding hydrogens is 403 g/mol. The Kier molecular flexibility index (Phi) is 6.13. The largest absolute Gasteiger partial charge is 0.493 e. The minimum absolute atomic E-state index is 0.202. The minimum Gasteiger partial charge on any atom is -0.493 e. The Labute approximate surface area is 178 Å². The van der Waals surface area contributed by atoms with Crippen LogP contribution >= 0.6 is 0 Å². The van der Waals surface area contributed by atoms with Crippen molar-refractivity contribution in [2.75, 3.05) is 20.8 Å². The molecule has 31 heavy (non-hydrogen) atoms. The molecule has 2 heterocycles. The van der Waals surface area contributed by atoms with Crippen molar-refractivity contribution in [3.05, 3.63) is 70.8 Å². The fraction of sp³-hybridized carbons (Fsp3) is 0.318. The van der Waals surface area contributed by atoms with Gasteiger partial charge in [0.05, 0.1) is 33.1 Å². The molecule has 1 aromatic heterocycles. The van der Waals surface area contributed by atoms with Gasteiger partial charge in [-0.05, 0) is 41.8 Å². The number of nitrogens with zero attached hydrogens (tertiary/aromatic N) is 3. The molecular formula is C22H23FN4O4. The Morgan fingerprint density at radius 3 is 2.71 bits per heavy atom. The molecule has 0 aliphatic carbocycles. The van der Waals surface area contributed by atoms with Gasteiger partial charge in [0.15, 0.2) is 17.2 Å². The summed E-state index contributed by atoms with van der Waals surface area (Å²) in [6.45, 7) is 1.04. The van der Waals surface area contributed by atoms with Crippen molar-refractivity contribution in [2.24, 2.45) is 0 Å². The highest BCUT2D eigenvalue weighted by atomic mass is 19.1. The van der Waals surface area contributed by atoms with Gasteiger partial charge in [-0.2, -0.15) is 0 Å². The van der Waals surface area contributed by atoms with E-state index < -0.39 is 0 Å². The summed E-state index contributed by atoms with van der Waals surface area (Å²) >= 11 is 0. The predicted molar refractivity (Wildman–Crippen MR) is 110 cm³/mol. The lowest BCUT2D eigenvalue weighted by molar-refractivity contribution is -0.00180. The molecule has 0 saturated heterocycles. The summed E-state index contributed by atoms with van der Waals surface area (Å²) in [5, 5.41) is 11.0. The summed E-state index contributed by atoms with van der Waals surface area (Å²) in [6, 6.07) is 11.8. The van der Waals surface area contributed by atoms with E-state index >= 15 is 0 Å². The van der Waals surface area contributed by atoms with Crippen LogP contribution in [0.4, 0.5) is 4.39 Å². The van der Waals surface area contributed by atoms with E-state index in [1.807, 2.05) is 18.2 Å². The second-order valence-corrected chi connectivity index (χ2v) is 7.11. The third-order valence-corrected chi connectivity index (χ3v) is 5.20. The first-order chi connectivity index (χ1) is 15.1. The summed E-state index contributed by atoms with van der Waals surface area (Å²) in [6.07, 6.45) is 0.356. The number of hydrogen-bond donors (Lipinski definition) is 1. The number of hydrogen-bond acceptors (Lipinski definition) is 6. The highest BCUT2D eigenvalue weighted by Gasteiger charge is 2.27. The van der Waals surface area contributed by atoms with Gasteiger partial charge in [0.2, 0.25) is 0 Å². The van der Waals surface area contributed by atoms with Gasteiger partial charge in [-0.25, -0.2) is 9.07 Å². The average Bonchev–Trinajstić information content (AvgIpc) is 3.22. The Morgan fingerprint density at radius 1 is 1.19 bits per heavy atom. The number of carbonyl (C=O) groups excluding carboxylic acids is 1. The normalized spacial score (nSPS) is 15.3. The fourth-order valence-electron chi connectivity index (χ4n) is 3.51. The average molecular weight is 426 g/mol. The number of carbonyl (C=O) groups is 1. The summed E-state index contributed by atoms with van der Waals surface area (Å²) in [7, 11) is 3.17. The Bertz CT molecular complexity index is 1070. The van der Waals surface area contributed by atoms with Crippen LogP contribution in [0.1, 0.15) is 33.4 Å². The highest BCUT2D eigenvalue weighted by Crippen LogP contribution is 2.28. The van der Waals surface area contributed by atoms with Crippen LogP contribution in [-0.2, 0) is 24.3 Å². The molecule has 0 spiro atoms. The van der Waals surface area contributed by atoms with Crippen molar-refractivity contribution in [1.82, 2.24) is 20.3 Å². The van der Waals surface area contributed by atoms with E-state index in [0.717, 1.165) is 11.1 Å². The third-order valence-electron chi connectivity index (χ3n) is 5.20. The summed E-state index contributed by atoms with van der Waals surface area (Å²) in [5.74, 6) is 0.704. The van der Waals surface area contributed by atoms with Crippen LogP contribution in [0.15, 0.2) is 42.5 Å². The number of nitrogens with one attached hydrogen (secondary N) is 1. The standard InChI is InChI=1S/C22H23FN4O4/c1-29-18-8-3-14(11-19(18)30-2)9-10-24-22(28)21-17-13-31-20(12-27(17)26-25-21)15-4-6-16(23)7-5-15/h3-8,11,20H,9-10,12-13H2,1-2H3,(H,24,28)/t20-/m0/s1. The van der Waals surface area contributed by atoms with Crippen LogP contribution in [0.3, 0.4) is 0 Å². The first-order valence-electron chi connectivity index (χ1n) is 9.87. The molecule has 0 bridgehead atoms. The lowest BCUT2D eigenvalue weighted by atomic mass is 10.1. The number of aromatic nitrogens is 3. The summed E-state index contributed by atoms with van der Waals surface area (Å²) in [4.78, 5) is 12.6. The van der Waals surface area contributed by atoms with Crippen LogP contribution in [0.2, 0.25) is 0 Å². The number of methoxy groups -OCH3 is 2. The first kappa shape index (κ1) is 20.8. The van der Waals surface area contributed by atoms with Gasteiger partial charge in [0.25, 0.3) is 5.91 Å². The van der Waals surface area contributed by atoms with Crippen molar-refractivity contribution in [2.45, 2.75) is 25.7 Å². The summed E-state index contributed by atoms with van der Waals surface area (Å²) < 4.78 is 31.2. The maximum absolute atomic E-state index is 13.1. The molecule has 1 atom stereocenters. The van der Waals surface area contributed by atoms with Crippen molar-refractivity contribution < 1.29 is 23.4 Å². The zero-order valence-electron chi connectivity index (χ0n) is 17.3. The van der Waals surface area contributed by atoms with E-state index in [1.165, 1.54) is 12.1 Å². The second kappa shape index (κ2) is 9.13. The van der Waals surface area contributed by atoms with Gasteiger partial charge < -0.3 is 19.5 Å². The highest BCUT2D eigenvalue weighted by molar-refractivity contribution is 5.93. The SMILES string of the molecule is COc1ccc(CCNC(=O)c2nnn3c2CO[C@H](c2ccc(F)cc2)C3)cc1OC. The molecule has 0 radical (unpaired) electrons. The van der Waals surface area contributed by atoms with Crippen LogP contribution < -0.4 is 14.8 Å². The molecule has 162 valence electrons. The second-order valence-electron chi connectivity index (χ2n) is 7.11. The quantitative estimate of drug-likeness (QED) is 0.625. The smallest absolute Gasteiger partial charge is 0.273 e. The van der Waals surface area contributed by atoms with Gasteiger partial charge >= 0.3 is 0 Å². The molecule has 8 nitrogen and oxygen atoms in total. The van der Waals surface area contributed by atoms with E-state index in [9.17, 15) is 9.18 Å². The minimum atomic E-state index is -0.300. The molecule has 4 rings (SSSR count). The summed E-state index contributed by atoms with van der Waals surface area (Å²) in [5.41, 5.74) is 2.74. The van der Waals surface area contributed by atoms with Gasteiger partial charge in [0.1, 0.15) is 11.9 Å².